The second kappa shape index (κ2) is 5.18. The highest BCUT2D eigenvalue weighted by Gasteiger charge is 2.10. The number of carbonyl (C=O) groups excluding carboxylic acids is 1. The molecule has 18 heavy (non-hydrogen) atoms. The first-order valence-electron chi connectivity index (χ1n) is 5.31. The van der Waals surface area contributed by atoms with Crippen molar-refractivity contribution in [2.75, 3.05) is 7.11 Å². The number of hydrogen-bond acceptors (Lipinski definition) is 3. The van der Waals surface area contributed by atoms with Crippen molar-refractivity contribution in [3.63, 3.8) is 0 Å². The third kappa shape index (κ3) is 2.40. The van der Waals surface area contributed by atoms with Crippen molar-refractivity contribution in [3.05, 3.63) is 59.7 Å². The van der Waals surface area contributed by atoms with Gasteiger partial charge in [0.25, 0.3) is 5.91 Å². The highest BCUT2D eigenvalue weighted by Crippen LogP contribution is 2.17. The van der Waals surface area contributed by atoms with Crippen LogP contribution < -0.4 is 10.2 Å². The number of ether oxygens (including phenoxy) is 1. The van der Waals surface area contributed by atoms with E-state index in [1.807, 2.05) is 0 Å². The van der Waals surface area contributed by atoms with Gasteiger partial charge in [-0.3, -0.25) is 4.79 Å². The van der Waals surface area contributed by atoms with Gasteiger partial charge in [0.2, 0.25) is 0 Å². The number of pyridine rings is 1. The zero-order valence-electron chi connectivity index (χ0n) is 9.78. The molecule has 0 unspecified atom stereocenters. The van der Waals surface area contributed by atoms with E-state index in [0.717, 1.165) is 4.73 Å². The fourth-order valence-corrected chi connectivity index (χ4v) is 1.50. The van der Waals surface area contributed by atoms with Crippen molar-refractivity contribution < 1.29 is 14.7 Å². The lowest BCUT2D eigenvalue weighted by atomic mass is 10.2. The van der Waals surface area contributed by atoms with Gasteiger partial charge in [0.05, 0.1) is 12.7 Å². The molecule has 5 heteroatoms. The first kappa shape index (κ1) is 11.9. The Morgan fingerprint density at radius 1 is 1.22 bits per heavy atom. The molecule has 2 rings (SSSR count). The molecule has 0 atom stereocenters. The van der Waals surface area contributed by atoms with Crippen LogP contribution in [0.25, 0.3) is 0 Å². The lowest BCUT2D eigenvalue weighted by molar-refractivity contribution is 0.0985. The Bertz CT molecular complexity index is 632. The number of amides is 1. The van der Waals surface area contributed by atoms with Gasteiger partial charge in [-0.1, -0.05) is 18.2 Å². The van der Waals surface area contributed by atoms with E-state index in [0.29, 0.717) is 11.3 Å². The highest BCUT2D eigenvalue weighted by molar-refractivity contribution is 5.97. The molecule has 1 amide bonds. The van der Waals surface area contributed by atoms with Gasteiger partial charge in [-0.2, -0.15) is 9.72 Å². The van der Waals surface area contributed by atoms with Crippen LogP contribution >= 0.6 is 0 Å². The van der Waals surface area contributed by atoms with Crippen LogP contribution in [-0.2, 0) is 0 Å². The van der Waals surface area contributed by atoms with Crippen LogP contribution in [0.1, 0.15) is 10.4 Å². The van der Waals surface area contributed by atoms with Crippen molar-refractivity contribution in [2.24, 2.45) is 4.99 Å². The molecule has 0 fully saturated rings. The molecule has 0 aliphatic rings. The number of nitrogens with zero attached hydrogens (tertiary/aromatic N) is 2. The van der Waals surface area contributed by atoms with Crippen LogP contribution in [0.15, 0.2) is 53.7 Å². The molecule has 1 aromatic carbocycles. The molecule has 0 aliphatic carbocycles. The smallest absolute Gasteiger partial charge is 0.282 e. The fraction of sp³-hybridized carbons (Fsp3) is 0.0769. The third-order valence-electron chi connectivity index (χ3n) is 2.37. The van der Waals surface area contributed by atoms with Crippen molar-refractivity contribution >= 4 is 5.91 Å². The molecule has 0 bridgehead atoms. The Labute approximate surface area is 104 Å². The summed E-state index contributed by atoms with van der Waals surface area (Å²) in [5.74, 6) is -0.0203. The number of rotatable bonds is 2. The predicted molar refractivity (Wildman–Crippen MR) is 64.5 cm³/mol. The van der Waals surface area contributed by atoms with Gasteiger partial charge in [0.1, 0.15) is 5.75 Å². The van der Waals surface area contributed by atoms with Crippen LogP contribution in [0, 0.1) is 0 Å². The predicted octanol–water partition coefficient (Wildman–Crippen LogP) is 1.48. The van der Waals surface area contributed by atoms with Crippen LogP contribution in [0.4, 0.5) is 0 Å². The maximum Gasteiger partial charge on any atom is 0.282 e. The summed E-state index contributed by atoms with van der Waals surface area (Å²) in [7, 11) is 1.49. The van der Waals surface area contributed by atoms with Crippen LogP contribution in [0.3, 0.4) is 0 Å². The minimum Gasteiger partial charge on any atom is -0.496 e. The molecule has 1 N–H and O–H groups in total. The molecule has 0 saturated heterocycles. The number of para-hydroxylation sites is 1. The average molecular weight is 244 g/mol. The maximum atomic E-state index is 12.0. The zero-order valence-corrected chi connectivity index (χ0v) is 9.78. The van der Waals surface area contributed by atoms with E-state index in [9.17, 15) is 10.0 Å². The first-order valence-corrected chi connectivity index (χ1v) is 5.31. The molecule has 2 aromatic rings. The van der Waals surface area contributed by atoms with E-state index in [1.165, 1.54) is 19.4 Å². The second-order valence-electron chi connectivity index (χ2n) is 3.52. The number of methoxy groups -OCH3 is 1. The van der Waals surface area contributed by atoms with E-state index in [2.05, 4.69) is 4.99 Å². The summed E-state index contributed by atoms with van der Waals surface area (Å²) >= 11 is 0. The monoisotopic (exact) mass is 244 g/mol. The van der Waals surface area contributed by atoms with Gasteiger partial charge in [0, 0.05) is 6.20 Å². The summed E-state index contributed by atoms with van der Waals surface area (Å²) in [6, 6.07) is 11.6. The molecule has 0 radical (unpaired) electrons. The number of carbonyl (C=O) groups is 1. The van der Waals surface area contributed by atoms with Gasteiger partial charge in [0.15, 0.2) is 5.49 Å². The van der Waals surface area contributed by atoms with Crippen LogP contribution in [0.2, 0.25) is 0 Å². The molecule has 0 spiro atoms. The number of hydrogen-bond donors (Lipinski definition) is 1. The van der Waals surface area contributed by atoms with Gasteiger partial charge in [-0.25, -0.2) is 0 Å². The molecule has 5 nitrogen and oxygen atoms in total. The standard InChI is InChI=1S/C13H12N2O3/c1-18-11-7-3-2-6-10(11)13(16)14-12-8-4-5-9-15(12)17/h2-9,17H,1H3. The van der Waals surface area contributed by atoms with Crippen LogP contribution in [0.5, 0.6) is 5.75 Å². The van der Waals surface area contributed by atoms with E-state index in [1.54, 1.807) is 36.4 Å². The summed E-state index contributed by atoms with van der Waals surface area (Å²) in [5.41, 5.74) is 0.511. The molecular weight excluding hydrogens is 232 g/mol. The van der Waals surface area contributed by atoms with E-state index < -0.39 is 5.91 Å². The summed E-state index contributed by atoms with van der Waals surface area (Å²) < 4.78 is 5.87. The van der Waals surface area contributed by atoms with E-state index >= 15 is 0 Å². The van der Waals surface area contributed by atoms with Gasteiger partial charge in [-0.15, -0.1) is 0 Å². The van der Waals surface area contributed by atoms with Gasteiger partial charge < -0.3 is 9.94 Å². The Balaban J connectivity index is 2.45. The third-order valence-corrected chi connectivity index (χ3v) is 2.37. The molecule has 92 valence electrons. The second-order valence-corrected chi connectivity index (χ2v) is 3.52. The number of aromatic nitrogens is 1. The minimum absolute atomic E-state index is 0.161. The summed E-state index contributed by atoms with van der Waals surface area (Å²) in [5, 5.41) is 9.47. The van der Waals surface area contributed by atoms with E-state index in [-0.39, 0.29) is 5.49 Å². The lowest BCUT2D eigenvalue weighted by Crippen LogP contribution is -2.19. The van der Waals surface area contributed by atoms with Crippen LogP contribution in [-0.4, -0.2) is 23.0 Å². The first-order chi connectivity index (χ1) is 8.72. The quantitative estimate of drug-likeness (QED) is 0.814. The molecule has 1 aromatic heterocycles. The van der Waals surface area contributed by atoms with Gasteiger partial charge in [-0.05, 0) is 24.3 Å². The number of benzene rings is 1. The Hall–Kier alpha value is -2.56. The Morgan fingerprint density at radius 3 is 2.67 bits per heavy atom. The SMILES string of the molecule is COc1ccccc1C(=O)N=c1ccccn1O. The van der Waals surface area contributed by atoms with Crippen molar-refractivity contribution in [1.82, 2.24) is 4.73 Å². The average Bonchev–Trinajstić information content (AvgIpc) is 2.41. The normalized spacial score (nSPS) is 11.3. The minimum atomic E-state index is -0.471. The zero-order chi connectivity index (χ0) is 13.0. The van der Waals surface area contributed by atoms with Crippen molar-refractivity contribution in [3.8, 4) is 5.75 Å². The van der Waals surface area contributed by atoms with Crippen molar-refractivity contribution in [1.29, 1.82) is 0 Å². The Kier molecular flexibility index (Phi) is 3.43. The summed E-state index contributed by atoms with van der Waals surface area (Å²) in [6.45, 7) is 0. The summed E-state index contributed by atoms with van der Waals surface area (Å²) in [6.07, 6.45) is 1.40. The highest BCUT2D eigenvalue weighted by atomic mass is 16.5. The molecule has 0 aliphatic heterocycles. The lowest BCUT2D eigenvalue weighted by Gasteiger charge is -2.04. The molecule has 1 heterocycles. The van der Waals surface area contributed by atoms with E-state index in [4.69, 9.17) is 4.74 Å². The maximum absolute atomic E-state index is 12.0. The fourth-order valence-electron chi connectivity index (χ4n) is 1.50. The topological polar surface area (TPSA) is 63.8 Å². The van der Waals surface area contributed by atoms with Crippen molar-refractivity contribution in [2.45, 2.75) is 0 Å². The largest absolute Gasteiger partial charge is 0.496 e. The van der Waals surface area contributed by atoms with Gasteiger partial charge >= 0.3 is 0 Å². The molecule has 0 saturated carbocycles. The Morgan fingerprint density at radius 2 is 1.94 bits per heavy atom. The molecular formula is C13H12N2O3. The summed E-state index contributed by atoms with van der Waals surface area (Å²) in [4.78, 5) is 15.8.